The topological polar surface area (TPSA) is 27.7 Å². The van der Waals surface area contributed by atoms with Gasteiger partial charge in [-0.1, -0.05) is 24.3 Å². The molecule has 0 fully saturated rings. The summed E-state index contributed by atoms with van der Waals surface area (Å²) >= 11 is 0. The predicted molar refractivity (Wildman–Crippen MR) is 78.2 cm³/mol. The molecule has 0 radical (unpaired) electrons. The van der Waals surface area contributed by atoms with Gasteiger partial charge < -0.3 is 13.3 Å². The molecule has 0 saturated carbocycles. The Morgan fingerprint density at radius 3 is 1.62 bits per heavy atom. The fraction of sp³-hybridized carbons (Fsp3) is 0.200. The van der Waals surface area contributed by atoms with E-state index >= 15 is 0 Å². The van der Waals surface area contributed by atoms with Gasteiger partial charge in [-0.3, -0.25) is 0 Å². The maximum Gasteiger partial charge on any atom is 0.536 e. The monoisotopic (exact) mass is 310 g/mol. The van der Waals surface area contributed by atoms with Crippen LogP contribution in [0.3, 0.4) is 0 Å². The molecule has 0 aromatic heterocycles. The van der Waals surface area contributed by atoms with Crippen LogP contribution < -0.4 is 5.19 Å². The zero-order chi connectivity index (χ0) is 15.5. The van der Waals surface area contributed by atoms with Crippen LogP contribution in [0.5, 0.6) is 0 Å². The lowest BCUT2D eigenvalue weighted by molar-refractivity contribution is 0.140. The molecular weight excluding hydrogens is 294 g/mol. The van der Waals surface area contributed by atoms with Gasteiger partial charge in [-0.05, 0) is 23.3 Å². The van der Waals surface area contributed by atoms with Crippen LogP contribution in [-0.2, 0) is 13.3 Å². The highest BCUT2D eigenvalue weighted by Gasteiger charge is 2.40. The van der Waals surface area contributed by atoms with Gasteiger partial charge in [0.25, 0.3) is 0 Å². The molecule has 0 saturated heterocycles. The standard InChI is InChI=1S/C15H16F2O3Si/c1-18-21(19-2,20-3)15-6-4-11(5-7-15)12-8-13(16)10-14(17)9-12/h4-10H,1-3H3. The molecule has 0 N–H and O–H groups in total. The number of rotatable bonds is 5. The Balaban J connectivity index is 2.38. The molecule has 0 aliphatic carbocycles. The fourth-order valence-electron chi connectivity index (χ4n) is 2.19. The Hall–Kier alpha value is -1.60. The molecule has 112 valence electrons. The second-order valence-electron chi connectivity index (χ2n) is 4.40. The first-order chi connectivity index (χ1) is 10.0. The first-order valence-corrected chi connectivity index (χ1v) is 7.99. The largest absolute Gasteiger partial charge is 0.536 e. The minimum atomic E-state index is -2.89. The molecule has 0 heterocycles. The molecule has 2 rings (SSSR count). The summed E-state index contributed by atoms with van der Waals surface area (Å²) < 4.78 is 42.6. The second-order valence-corrected chi connectivity index (χ2v) is 7.32. The van der Waals surface area contributed by atoms with Crippen LogP contribution in [-0.4, -0.2) is 30.1 Å². The first-order valence-electron chi connectivity index (χ1n) is 6.27. The van der Waals surface area contributed by atoms with Crippen LogP contribution in [0.4, 0.5) is 8.78 Å². The average molecular weight is 310 g/mol. The van der Waals surface area contributed by atoms with Gasteiger partial charge in [-0.2, -0.15) is 0 Å². The molecule has 0 bridgehead atoms. The summed E-state index contributed by atoms with van der Waals surface area (Å²) in [7, 11) is 1.68. The van der Waals surface area contributed by atoms with Crippen molar-refractivity contribution in [2.75, 3.05) is 21.3 Å². The Labute approximate surface area is 123 Å². The lowest BCUT2D eigenvalue weighted by atomic mass is 10.1. The Morgan fingerprint density at radius 1 is 0.714 bits per heavy atom. The summed E-state index contributed by atoms with van der Waals surface area (Å²) in [5.74, 6) is -1.22. The molecule has 0 aliphatic rings. The normalized spacial score (nSPS) is 11.7. The third-order valence-electron chi connectivity index (χ3n) is 3.24. The second kappa shape index (κ2) is 6.44. The molecule has 0 aliphatic heterocycles. The van der Waals surface area contributed by atoms with E-state index in [1.54, 1.807) is 24.3 Å². The smallest absolute Gasteiger partial charge is 0.373 e. The van der Waals surface area contributed by atoms with Crippen molar-refractivity contribution >= 4 is 14.0 Å². The zero-order valence-electron chi connectivity index (χ0n) is 12.0. The van der Waals surface area contributed by atoms with Crippen molar-refractivity contribution in [3.05, 3.63) is 54.1 Å². The Morgan fingerprint density at radius 2 is 1.19 bits per heavy atom. The summed E-state index contributed by atoms with van der Waals surface area (Å²) in [5, 5.41) is 0.774. The van der Waals surface area contributed by atoms with E-state index in [-0.39, 0.29) is 0 Å². The molecule has 0 atom stereocenters. The van der Waals surface area contributed by atoms with Crippen LogP contribution in [0.15, 0.2) is 42.5 Å². The summed E-state index contributed by atoms with van der Waals surface area (Å²) in [6.07, 6.45) is 0. The number of halogens is 2. The first kappa shape index (κ1) is 15.8. The van der Waals surface area contributed by atoms with Gasteiger partial charge in [0.2, 0.25) is 0 Å². The van der Waals surface area contributed by atoms with E-state index in [9.17, 15) is 8.78 Å². The zero-order valence-corrected chi connectivity index (χ0v) is 13.0. The summed E-state index contributed by atoms with van der Waals surface area (Å²) in [6.45, 7) is 0. The van der Waals surface area contributed by atoms with E-state index in [2.05, 4.69) is 0 Å². The van der Waals surface area contributed by atoms with Crippen molar-refractivity contribution in [1.29, 1.82) is 0 Å². The van der Waals surface area contributed by atoms with E-state index in [1.807, 2.05) is 0 Å². The summed E-state index contributed by atoms with van der Waals surface area (Å²) in [5.41, 5.74) is 1.17. The highest BCUT2D eigenvalue weighted by molar-refractivity contribution is 6.75. The van der Waals surface area contributed by atoms with Crippen molar-refractivity contribution in [2.45, 2.75) is 0 Å². The molecule has 0 amide bonds. The van der Waals surface area contributed by atoms with E-state index in [1.165, 1.54) is 33.5 Å². The van der Waals surface area contributed by atoms with Gasteiger partial charge >= 0.3 is 8.80 Å². The predicted octanol–water partition coefficient (Wildman–Crippen LogP) is 2.72. The van der Waals surface area contributed by atoms with E-state index in [0.717, 1.165) is 11.3 Å². The van der Waals surface area contributed by atoms with Crippen molar-refractivity contribution in [3.63, 3.8) is 0 Å². The van der Waals surface area contributed by atoms with Gasteiger partial charge in [0.05, 0.1) is 0 Å². The van der Waals surface area contributed by atoms with Crippen LogP contribution in [0, 0.1) is 11.6 Å². The summed E-state index contributed by atoms with van der Waals surface area (Å²) in [4.78, 5) is 0. The highest BCUT2D eigenvalue weighted by atomic mass is 28.4. The minimum Gasteiger partial charge on any atom is -0.373 e. The molecule has 2 aromatic rings. The third-order valence-corrected chi connectivity index (χ3v) is 5.89. The molecule has 2 aromatic carbocycles. The molecule has 0 unspecified atom stereocenters. The lowest BCUT2D eigenvalue weighted by Crippen LogP contribution is -2.54. The van der Waals surface area contributed by atoms with Crippen LogP contribution in [0.25, 0.3) is 11.1 Å². The molecule has 21 heavy (non-hydrogen) atoms. The van der Waals surface area contributed by atoms with Crippen LogP contribution >= 0.6 is 0 Å². The SMILES string of the molecule is CO[Si](OC)(OC)c1ccc(-c2cc(F)cc(F)c2)cc1. The van der Waals surface area contributed by atoms with Crippen LogP contribution in [0.2, 0.25) is 0 Å². The van der Waals surface area contributed by atoms with Crippen molar-refractivity contribution in [1.82, 2.24) is 0 Å². The molecule has 3 nitrogen and oxygen atoms in total. The molecule has 0 spiro atoms. The lowest BCUT2D eigenvalue weighted by Gasteiger charge is -2.24. The highest BCUT2D eigenvalue weighted by Crippen LogP contribution is 2.21. The van der Waals surface area contributed by atoms with Crippen molar-refractivity contribution < 1.29 is 22.1 Å². The van der Waals surface area contributed by atoms with Gasteiger partial charge in [-0.15, -0.1) is 0 Å². The molecular formula is C15H16F2O3Si. The fourth-order valence-corrected chi connectivity index (χ4v) is 3.97. The minimum absolute atomic E-state index is 0.471. The van der Waals surface area contributed by atoms with Crippen LogP contribution in [0.1, 0.15) is 0 Å². The van der Waals surface area contributed by atoms with Gasteiger partial charge in [0.15, 0.2) is 0 Å². The Kier molecular flexibility index (Phi) is 4.84. The van der Waals surface area contributed by atoms with Crippen molar-refractivity contribution in [2.24, 2.45) is 0 Å². The van der Waals surface area contributed by atoms with Crippen molar-refractivity contribution in [3.8, 4) is 11.1 Å². The van der Waals surface area contributed by atoms with E-state index < -0.39 is 20.4 Å². The van der Waals surface area contributed by atoms with Gasteiger partial charge in [0.1, 0.15) is 11.6 Å². The quantitative estimate of drug-likeness (QED) is 0.795. The van der Waals surface area contributed by atoms with E-state index in [4.69, 9.17) is 13.3 Å². The van der Waals surface area contributed by atoms with E-state index in [0.29, 0.717) is 11.1 Å². The molecule has 6 heteroatoms. The van der Waals surface area contributed by atoms with Gasteiger partial charge in [0, 0.05) is 32.6 Å². The van der Waals surface area contributed by atoms with Gasteiger partial charge in [-0.25, -0.2) is 8.78 Å². The average Bonchev–Trinajstić information content (AvgIpc) is 2.49. The summed E-state index contributed by atoms with van der Waals surface area (Å²) in [6, 6.07) is 10.5. The third kappa shape index (κ3) is 3.19. The maximum atomic E-state index is 13.3. The number of hydrogen-bond acceptors (Lipinski definition) is 3. The Bertz CT molecular complexity index is 584. The number of benzene rings is 2. The maximum absolute atomic E-state index is 13.3. The number of hydrogen-bond donors (Lipinski definition) is 0.